The number of thiophene rings is 1. The lowest BCUT2D eigenvalue weighted by molar-refractivity contribution is -0.131. The van der Waals surface area contributed by atoms with Gasteiger partial charge in [-0.2, -0.15) is 11.3 Å². The third kappa shape index (κ3) is 4.26. The first kappa shape index (κ1) is 17.5. The predicted octanol–water partition coefficient (Wildman–Crippen LogP) is 2.54. The van der Waals surface area contributed by atoms with Crippen LogP contribution in [0.15, 0.2) is 35.0 Å². The molecule has 26 heavy (non-hydrogen) atoms. The molecule has 0 unspecified atom stereocenters. The summed E-state index contributed by atoms with van der Waals surface area (Å²) in [5.74, 6) is 1.07. The van der Waals surface area contributed by atoms with Gasteiger partial charge in [0.05, 0.1) is 26.2 Å². The molecule has 6 heteroatoms. The van der Waals surface area contributed by atoms with Gasteiger partial charge in [-0.1, -0.05) is 6.07 Å². The van der Waals surface area contributed by atoms with Gasteiger partial charge in [-0.3, -0.25) is 9.69 Å². The van der Waals surface area contributed by atoms with Gasteiger partial charge in [-0.05, 0) is 40.1 Å². The number of carbonyl (C=O) groups is 1. The Morgan fingerprint density at radius 3 is 2.77 bits per heavy atom. The fraction of sp³-hybridized carbons (Fsp3) is 0.450. The molecule has 2 aliphatic rings. The molecule has 0 spiro atoms. The van der Waals surface area contributed by atoms with Gasteiger partial charge in [-0.25, -0.2) is 0 Å². The second kappa shape index (κ2) is 8.20. The Morgan fingerprint density at radius 1 is 1.08 bits per heavy atom. The Bertz CT molecular complexity index is 742. The molecule has 1 amide bonds. The van der Waals surface area contributed by atoms with Gasteiger partial charge in [-0.15, -0.1) is 0 Å². The maximum absolute atomic E-state index is 12.7. The Labute approximate surface area is 158 Å². The third-order valence-electron chi connectivity index (χ3n) is 4.90. The first-order chi connectivity index (χ1) is 12.8. The lowest BCUT2D eigenvalue weighted by Crippen LogP contribution is -2.35. The van der Waals surface area contributed by atoms with Gasteiger partial charge in [0.25, 0.3) is 0 Å². The molecule has 4 rings (SSSR count). The van der Waals surface area contributed by atoms with Crippen LogP contribution in [0.5, 0.6) is 5.75 Å². The van der Waals surface area contributed by atoms with Gasteiger partial charge >= 0.3 is 0 Å². The summed E-state index contributed by atoms with van der Waals surface area (Å²) in [6.07, 6.45) is 0.465. The van der Waals surface area contributed by atoms with Crippen molar-refractivity contribution in [3.05, 3.63) is 51.7 Å². The third-order valence-corrected chi connectivity index (χ3v) is 5.63. The summed E-state index contributed by atoms with van der Waals surface area (Å²) in [4.78, 5) is 17.0. The summed E-state index contributed by atoms with van der Waals surface area (Å²) >= 11 is 1.63. The Morgan fingerprint density at radius 2 is 1.96 bits per heavy atom. The van der Waals surface area contributed by atoms with E-state index in [1.165, 1.54) is 5.56 Å². The van der Waals surface area contributed by atoms with Crippen LogP contribution >= 0.6 is 11.3 Å². The Hall–Kier alpha value is -1.89. The van der Waals surface area contributed by atoms with Gasteiger partial charge in [0, 0.05) is 31.7 Å². The average Bonchev–Trinajstić information content (AvgIpc) is 3.07. The van der Waals surface area contributed by atoms with Crippen LogP contribution in [0, 0.1) is 0 Å². The molecule has 0 saturated carbocycles. The maximum Gasteiger partial charge on any atom is 0.227 e. The first-order valence-electron chi connectivity index (χ1n) is 9.11. The average molecular weight is 372 g/mol. The van der Waals surface area contributed by atoms with E-state index in [0.717, 1.165) is 49.7 Å². The highest BCUT2D eigenvalue weighted by atomic mass is 32.1. The number of benzene rings is 1. The zero-order chi connectivity index (χ0) is 17.8. The van der Waals surface area contributed by atoms with E-state index >= 15 is 0 Å². The van der Waals surface area contributed by atoms with E-state index in [4.69, 9.17) is 9.47 Å². The van der Waals surface area contributed by atoms with Crippen molar-refractivity contribution in [3.8, 4) is 5.75 Å². The van der Waals surface area contributed by atoms with Gasteiger partial charge in [0.2, 0.25) is 5.91 Å². The molecule has 0 atom stereocenters. The van der Waals surface area contributed by atoms with E-state index in [2.05, 4.69) is 23.1 Å². The SMILES string of the molecule is O=C(Cc1ccsc1)N1CCOc2ccc(CN3CCOCC3)cc2C1. The summed E-state index contributed by atoms with van der Waals surface area (Å²) in [5.41, 5.74) is 3.46. The fourth-order valence-corrected chi connectivity index (χ4v) is 4.12. The van der Waals surface area contributed by atoms with Crippen LogP contribution < -0.4 is 4.74 Å². The van der Waals surface area contributed by atoms with Crippen LogP contribution in [0.2, 0.25) is 0 Å². The van der Waals surface area contributed by atoms with E-state index < -0.39 is 0 Å². The number of amides is 1. The standard InChI is InChI=1S/C20H24N2O3S/c23-20(12-17-3-10-26-15-17)22-6-9-25-19-2-1-16(11-18(19)14-22)13-21-4-7-24-8-5-21/h1-3,10-11,15H,4-9,12-14H2. The molecule has 1 saturated heterocycles. The van der Waals surface area contributed by atoms with Crippen molar-refractivity contribution in [1.82, 2.24) is 9.80 Å². The topological polar surface area (TPSA) is 42.0 Å². The highest BCUT2D eigenvalue weighted by molar-refractivity contribution is 7.08. The van der Waals surface area contributed by atoms with Crippen molar-refractivity contribution in [2.45, 2.75) is 19.5 Å². The van der Waals surface area contributed by atoms with E-state index in [1.54, 1.807) is 11.3 Å². The molecule has 138 valence electrons. The fourth-order valence-electron chi connectivity index (χ4n) is 3.46. The highest BCUT2D eigenvalue weighted by Gasteiger charge is 2.21. The molecule has 2 aliphatic heterocycles. The maximum atomic E-state index is 12.7. The number of fused-ring (bicyclic) bond motifs is 1. The Kier molecular flexibility index (Phi) is 5.53. The minimum atomic E-state index is 0.165. The number of morpholine rings is 1. The van der Waals surface area contributed by atoms with Gasteiger partial charge < -0.3 is 14.4 Å². The quantitative estimate of drug-likeness (QED) is 0.827. The summed E-state index contributed by atoms with van der Waals surface area (Å²) in [6, 6.07) is 8.40. The molecule has 1 aromatic carbocycles. The Balaban J connectivity index is 1.45. The van der Waals surface area contributed by atoms with Crippen LogP contribution in [-0.2, 0) is 29.0 Å². The van der Waals surface area contributed by atoms with Crippen molar-refractivity contribution >= 4 is 17.2 Å². The van der Waals surface area contributed by atoms with E-state index in [0.29, 0.717) is 26.1 Å². The molecule has 1 aromatic heterocycles. The van der Waals surface area contributed by atoms with Gasteiger partial charge in [0.15, 0.2) is 0 Å². The number of hydrogen-bond donors (Lipinski definition) is 0. The van der Waals surface area contributed by atoms with Crippen LogP contribution in [0.4, 0.5) is 0 Å². The number of rotatable bonds is 4. The molecule has 0 aliphatic carbocycles. The van der Waals surface area contributed by atoms with Crippen LogP contribution in [-0.4, -0.2) is 55.2 Å². The number of nitrogens with zero attached hydrogens (tertiary/aromatic N) is 2. The molecule has 0 bridgehead atoms. The molecule has 0 radical (unpaired) electrons. The predicted molar refractivity (Wildman–Crippen MR) is 101 cm³/mol. The zero-order valence-corrected chi connectivity index (χ0v) is 15.7. The van der Waals surface area contributed by atoms with E-state index in [9.17, 15) is 4.79 Å². The minimum absolute atomic E-state index is 0.165. The number of hydrogen-bond acceptors (Lipinski definition) is 5. The number of ether oxygens (including phenoxy) is 2. The molecule has 5 nitrogen and oxygen atoms in total. The van der Waals surface area contributed by atoms with Crippen molar-refractivity contribution in [2.24, 2.45) is 0 Å². The number of carbonyl (C=O) groups excluding carboxylic acids is 1. The van der Waals surface area contributed by atoms with Crippen LogP contribution in [0.1, 0.15) is 16.7 Å². The largest absolute Gasteiger partial charge is 0.491 e. The minimum Gasteiger partial charge on any atom is -0.491 e. The lowest BCUT2D eigenvalue weighted by Gasteiger charge is -2.27. The van der Waals surface area contributed by atoms with Crippen LogP contribution in [0.3, 0.4) is 0 Å². The first-order valence-corrected chi connectivity index (χ1v) is 10.1. The highest BCUT2D eigenvalue weighted by Crippen LogP contribution is 2.25. The van der Waals surface area contributed by atoms with E-state index in [1.807, 2.05) is 21.7 Å². The molecule has 3 heterocycles. The summed E-state index contributed by atoms with van der Waals surface area (Å²) in [6.45, 7) is 6.27. The monoisotopic (exact) mass is 372 g/mol. The second-order valence-electron chi connectivity index (χ2n) is 6.80. The van der Waals surface area contributed by atoms with Crippen LogP contribution in [0.25, 0.3) is 0 Å². The van der Waals surface area contributed by atoms with Gasteiger partial charge in [0.1, 0.15) is 12.4 Å². The molecular formula is C20H24N2O3S. The van der Waals surface area contributed by atoms with Crippen molar-refractivity contribution in [2.75, 3.05) is 39.5 Å². The summed E-state index contributed by atoms with van der Waals surface area (Å²) in [5, 5.41) is 4.06. The summed E-state index contributed by atoms with van der Waals surface area (Å²) < 4.78 is 11.3. The van der Waals surface area contributed by atoms with Crippen molar-refractivity contribution < 1.29 is 14.3 Å². The van der Waals surface area contributed by atoms with Crippen molar-refractivity contribution in [3.63, 3.8) is 0 Å². The molecule has 2 aromatic rings. The normalized spacial score (nSPS) is 18.1. The second-order valence-corrected chi connectivity index (χ2v) is 7.58. The zero-order valence-electron chi connectivity index (χ0n) is 14.9. The van der Waals surface area contributed by atoms with E-state index in [-0.39, 0.29) is 5.91 Å². The molecule has 0 N–H and O–H groups in total. The molecule has 1 fully saturated rings. The lowest BCUT2D eigenvalue weighted by atomic mass is 10.1. The summed E-state index contributed by atoms with van der Waals surface area (Å²) in [7, 11) is 0. The smallest absolute Gasteiger partial charge is 0.227 e. The molecular weight excluding hydrogens is 348 g/mol. The van der Waals surface area contributed by atoms with Crippen molar-refractivity contribution in [1.29, 1.82) is 0 Å².